The fourth-order valence-corrected chi connectivity index (χ4v) is 0.165. The van der Waals surface area contributed by atoms with E-state index in [2.05, 4.69) is 4.74 Å². The van der Waals surface area contributed by atoms with Gasteiger partial charge in [0.15, 0.2) is 0 Å². The van der Waals surface area contributed by atoms with Crippen molar-refractivity contribution in [3.05, 3.63) is 0 Å². The molecular weight excluding hydrogens is 116 g/mol. The maximum absolute atomic E-state index is 9.47. The first kappa shape index (κ1) is 7.19. The smallest absolute Gasteiger partial charge is 0.450 e. The van der Waals surface area contributed by atoms with Crippen molar-refractivity contribution < 1.29 is 24.9 Å². The summed E-state index contributed by atoms with van der Waals surface area (Å²) in [6, 6.07) is 0. The molecule has 5 nitrogen and oxygen atoms in total. The summed E-state index contributed by atoms with van der Waals surface area (Å²) in [7, 11) is 0. The van der Waals surface area contributed by atoms with E-state index in [0.717, 1.165) is 6.92 Å². The maximum Gasteiger partial charge on any atom is 0.510 e. The lowest BCUT2D eigenvalue weighted by atomic mass is 10.7. The number of rotatable bonds is 1. The molecule has 0 aromatic rings. The zero-order chi connectivity index (χ0) is 6.78. The van der Waals surface area contributed by atoms with Gasteiger partial charge in [0, 0.05) is 6.92 Å². The SMILES string of the molecule is CC(O)(O)OC(=O)O. The third-order valence-corrected chi connectivity index (χ3v) is 0.281. The molecule has 0 aromatic heterocycles. The molecule has 3 N–H and O–H groups in total. The normalized spacial score (nSPS) is 10.9. The van der Waals surface area contributed by atoms with Gasteiger partial charge in [-0.2, -0.15) is 0 Å². The highest BCUT2D eigenvalue weighted by atomic mass is 16.8. The van der Waals surface area contributed by atoms with Gasteiger partial charge in [-0.15, -0.1) is 0 Å². The maximum atomic E-state index is 9.47. The Balaban J connectivity index is 3.55. The Bertz CT molecular complexity index is 90.3. The zero-order valence-corrected chi connectivity index (χ0v) is 4.16. The van der Waals surface area contributed by atoms with Crippen LogP contribution in [0.2, 0.25) is 0 Å². The van der Waals surface area contributed by atoms with Crippen molar-refractivity contribution in [2.75, 3.05) is 0 Å². The second-order valence-electron chi connectivity index (χ2n) is 1.30. The van der Waals surface area contributed by atoms with E-state index in [-0.39, 0.29) is 0 Å². The van der Waals surface area contributed by atoms with E-state index in [9.17, 15) is 4.79 Å². The van der Waals surface area contributed by atoms with Crippen LogP contribution in [-0.2, 0) is 4.74 Å². The number of hydrogen-bond acceptors (Lipinski definition) is 4. The molecule has 0 spiro atoms. The number of carboxylic acid groups (broad SMARTS) is 1. The molecule has 0 aliphatic heterocycles. The van der Waals surface area contributed by atoms with Gasteiger partial charge in [-0.1, -0.05) is 0 Å². The van der Waals surface area contributed by atoms with Gasteiger partial charge in [0.2, 0.25) is 0 Å². The average molecular weight is 122 g/mol. The van der Waals surface area contributed by atoms with E-state index >= 15 is 0 Å². The summed E-state index contributed by atoms with van der Waals surface area (Å²) in [5.74, 6) is -2.58. The molecule has 0 saturated carbocycles. The Hall–Kier alpha value is -0.810. The average Bonchev–Trinajstić information content (AvgIpc) is 1.21. The lowest BCUT2D eigenvalue weighted by molar-refractivity contribution is -0.299. The van der Waals surface area contributed by atoms with E-state index in [0.29, 0.717) is 0 Å². The van der Waals surface area contributed by atoms with E-state index < -0.39 is 12.1 Å². The van der Waals surface area contributed by atoms with E-state index in [1.807, 2.05) is 0 Å². The van der Waals surface area contributed by atoms with E-state index in [1.54, 1.807) is 0 Å². The summed E-state index contributed by atoms with van der Waals surface area (Å²) in [5, 5.41) is 24.0. The minimum Gasteiger partial charge on any atom is -0.450 e. The van der Waals surface area contributed by atoms with Crippen LogP contribution in [-0.4, -0.2) is 27.4 Å². The molecule has 0 unspecified atom stereocenters. The van der Waals surface area contributed by atoms with Gasteiger partial charge in [-0.3, -0.25) is 0 Å². The fraction of sp³-hybridized carbons (Fsp3) is 0.667. The molecule has 5 heteroatoms. The predicted molar refractivity (Wildman–Crippen MR) is 22.0 cm³/mol. The van der Waals surface area contributed by atoms with Crippen LogP contribution in [0.4, 0.5) is 4.79 Å². The number of carbonyl (C=O) groups is 1. The number of aliphatic hydroxyl groups is 2. The van der Waals surface area contributed by atoms with Crippen LogP contribution < -0.4 is 0 Å². The third kappa shape index (κ3) is 5.19. The first-order valence-electron chi connectivity index (χ1n) is 1.78. The number of hydrogen-bond donors (Lipinski definition) is 3. The van der Waals surface area contributed by atoms with Gasteiger partial charge in [-0.25, -0.2) is 4.79 Å². The molecular formula is C3H6O5. The molecule has 0 aliphatic carbocycles. The van der Waals surface area contributed by atoms with Crippen LogP contribution in [0.5, 0.6) is 0 Å². The minimum absolute atomic E-state index is 0.793. The monoisotopic (exact) mass is 122 g/mol. The van der Waals surface area contributed by atoms with Crippen LogP contribution in [0.1, 0.15) is 6.92 Å². The van der Waals surface area contributed by atoms with Crippen LogP contribution in [0.25, 0.3) is 0 Å². The lowest BCUT2D eigenvalue weighted by Gasteiger charge is -2.11. The molecule has 0 bridgehead atoms. The highest BCUT2D eigenvalue weighted by Gasteiger charge is 2.19. The summed E-state index contributed by atoms with van der Waals surface area (Å²) in [6.45, 7) is 0.793. The standard InChI is InChI=1S/C3H6O5/c1-3(6,7)8-2(4)5/h6-7H,1H3,(H,4,5). The van der Waals surface area contributed by atoms with Crippen LogP contribution in [0.15, 0.2) is 0 Å². The zero-order valence-electron chi connectivity index (χ0n) is 4.16. The largest absolute Gasteiger partial charge is 0.510 e. The molecule has 0 atom stereocenters. The van der Waals surface area contributed by atoms with Crippen molar-refractivity contribution >= 4 is 6.16 Å². The summed E-state index contributed by atoms with van der Waals surface area (Å²) in [4.78, 5) is 9.47. The topological polar surface area (TPSA) is 87.0 Å². The van der Waals surface area contributed by atoms with Crippen molar-refractivity contribution in [2.24, 2.45) is 0 Å². The van der Waals surface area contributed by atoms with Crippen molar-refractivity contribution in [2.45, 2.75) is 12.9 Å². The van der Waals surface area contributed by atoms with Gasteiger partial charge >= 0.3 is 12.1 Å². The molecule has 0 saturated heterocycles. The molecule has 0 aliphatic rings. The van der Waals surface area contributed by atoms with E-state index in [1.165, 1.54) is 0 Å². The molecule has 0 radical (unpaired) electrons. The fourth-order valence-electron chi connectivity index (χ4n) is 0.165. The Morgan fingerprint density at radius 2 is 2.00 bits per heavy atom. The van der Waals surface area contributed by atoms with Gasteiger partial charge < -0.3 is 20.1 Å². The summed E-state index contributed by atoms with van der Waals surface area (Å²) < 4.78 is 3.47. The van der Waals surface area contributed by atoms with Gasteiger partial charge in [0.25, 0.3) is 0 Å². The van der Waals surface area contributed by atoms with Crippen LogP contribution in [0, 0.1) is 0 Å². The minimum atomic E-state index is -2.58. The Kier molecular flexibility index (Phi) is 1.77. The molecule has 48 valence electrons. The number of ether oxygens (including phenoxy) is 1. The Morgan fingerprint density at radius 1 is 1.62 bits per heavy atom. The molecule has 0 heterocycles. The molecule has 0 aromatic carbocycles. The quantitative estimate of drug-likeness (QED) is 0.317. The highest BCUT2D eigenvalue weighted by Crippen LogP contribution is 1.97. The second kappa shape index (κ2) is 1.97. The van der Waals surface area contributed by atoms with Gasteiger partial charge in [0.05, 0.1) is 0 Å². The van der Waals surface area contributed by atoms with Crippen molar-refractivity contribution in [3.8, 4) is 0 Å². The summed E-state index contributed by atoms with van der Waals surface area (Å²) in [5.41, 5.74) is 0. The van der Waals surface area contributed by atoms with Crippen molar-refractivity contribution in [1.29, 1.82) is 0 Å². The van der Waals surface area contributed by atoms with Crippen LogP contribution in [0.3, 0.4) is 0 Å². The first-order valence-corrected chi connectivity index (χ1v) is 1.78. The molecule has 0 amide bonds. The summed E-state index contributed by atoms with van der Waals surface area (Å²) >= 11 is 0. The molecule has 0 rings (SSSR count). The van der Waals surface area contributed by atoms with Crippen molar-refractivity contribution in [1.82, 2.24) is 0 Å². The second-order valence-corrected chi connectivity index (χ2v) is 1.30. The predicted octanol–water partition coefficient (Wildman–Crippen LogP) is -0.661. The third-order valence-electron chi connectivity index (χ3n) is 0.281. The molecule has 8 heavy (non-hydrogen) atoms. The van der Waals surface area contributed by atoms with Crippen molar-refractivity contribution in [3.63, 3.8) is 0 Å². The van der Waals surface area contributed by atoms with Gasteiger partial charge in [0.1, 0.15) is 0 Å². The van der Waals surface area contributed by atoms with Crippen LogP contribution >= 0.6 is 0 Å². The first-order chi connectivity index (χ1) is 3.42. The van der Waals surface area contributed by atoms with E-state index in [4.69, 9.17) is 15.3 Å². The summed E-state index contributed by atoms with van der Waals surface area (Å²) in [6.07, 6.45) is -1.72. The lowest BCUT2D eigenvalue weighted by Crippen LogP contribution is -2.29. The Labute approximate surface area is 45.1 Å². The Morgan fingerprint density at radius 3 is 2.00 bits per heavy atom. The highest BCUT2D eigenvalue weighted by molar-refractivity contribution is 5.57. The molecule has 0 fully saturated rings. The van der Waals surface area contributed by atoms with Gasteiger partial charge in [-0.05, 0) is 0 Å².